The van der Waals surface area contributed by atoms with Crippen LogP contribution in [-0.4, -0.2) is 30.2 Å². The van der Waals surface area contributed by atoms with Crippen molar-refractivity contribution in [2.24, 2.45) is 0 Å². The number of morpholine rings is 1. The number of nitrogens with zero attached hydrogens (tertiary/aromatic N) is 1. The molecule has 1 aliphatic heterocycles. The van der Waals surface area contributed by atoms with E-state index in [-0.39, 0.29) is 0 Å². The SMILES string of the molecule is CC1CN(Cc2cccc3ccccc23)CC(C)O1. The molecule has 0 spiro atoms. The minimum atomic E-state index is 0.332. The lowest BCUT2D eigenvalue weighted by Gasteiger charge is -2.35. The van der Waals surface area contributed by atoms with Crippen LogP contribution in [0.4, 0.5) is 0 Å². The van der Waals surface area contributed by atoms with Crippen molar-refractivity contribution in [3.8, 4) is 0 Å². The summed E-state index contributed by atoms with van der Waals surface area (Å²) in [7, 11) is 0. The molecule has 0 amide bonds. The van der Waals surface area contributed by atoms with Gasteiger partial charge in [0.15, 0.2) is 0 Å². The molecule has 0 saturated carbocycles. The second kappa shape index (κ2) is 5.32. The molecule has 0 N–H and O–H groups in total. The molecule has 3 rings (SSSR count). The van der Waals surface area contributed by atoms with Crippen LogP contribution < -0.4 is 0 Å². The van der Waals surface area contributed by atoms with Crippen LogP contribution in [-0.2, 0) is 11.3 Å². The molecule has 1 saturated heterocycles. The fourth-order valence-electron chi connectivity index (χ4n) is 3.08. The first kappa shape index (κ1) is 12.6. The van der Waals surface area contributed by atoms with E-state index in [1.165, 1.54) is 16.3 Å². The fourth-order valence-corrected chi connectivity index (χ4v) is 3.08. The zero-order valence-electron chi connectivity index (χ0n) is 11.7. The van der Waals surface area contributed by atoms with Gasteiger partial charge in [0.1, 0.15) is 0 Å². The van der Waals surface area contributed by atoms with Crippen LogP contribution in [0.15, 0.2) is 42.5 Å². The van der Waals surface area contributed by atoms with Gasteiger partial charge < -0.3 is 4.74 Å². The Morgan fingerprint density at radius 2 is 1.68 bits per heavy atom. The molecule has 0 aliphatic carbocycles. The molecule has 2 aromatic rings. The minimum absolute atomic E-state index is 0.332. The number of hydrogen-bond donors (Lipinski definition) is 0. The maximum Gasteiger partial charge on any atom is 0.0678 e. The normalized spacial score (nSPS) is 24.7. The lowest BCUT2D eigenvalue weighted by molar-refractivity contribution is -0.0703. The van der Waals surface area contributed by atoms with Crippen molar-refractivity contribution in [2.75, 3.05) is 13.1 Å². The molecule has 2 aromatic carbocycles. The lowest BCUT2D eigenvalue weighted by Crippen LogP contribution is -2.44. The summed E-state index contributed by atoms with van der Waals surface area (Å²) in [4.78, 5) is 2.50. The molecule has 1 heterocycles. The maximum atomic E-state index is 5.80. The van der Waals surface area contributed by atoms with E-state index in [0.717, 1.165) is 19.6 Å². The first-order valence-corrected chi connectivity index (χ1v) is 7.07. The molecule has 2 nitrogen and oxygen atoms in total. The van der Waals surface area contributed by atoms with Gasteiger partial charge in [-0.2, -0.15) is 0 Å². The third-order valence-corrected chi connectivity index (χ3v) is 3.77. The topological polar surface area (TPSA) is 12.5 Å². The van der Waals surface area contributed by atoms with Gasteiger partial charge >= 0.3 is 0 Å². The standard InChI is InChI=1S/C17H21NO/c1-13-10-18(11-14(2)19-13)12-16-8-5-7-15-6-3-4-9-17(15)16/h3-9,13-14H,10-12H2,1-2H3. The van der Waals surface area contributed by atoms with E-state index in [4.69, 9.17) is 4.74 Å². The summed E-state index contributed by atoms with van der Waals surface area (Å²) in [5.41, 5.74) is 1.42. The molecular weight excluding hydrogens is 234 g/mol. The summed E-state index contributed by atoms with van der Waals surface area (Å²) in [5.74, 6) is 0. The van der Waals surface area contributed by atoms with E-state index in [0.29, 0.717) is 12.2 Å². The predicted octanol–water partition coefficient (Wildman–Crippen LogP) is 3.45. The minimum Gasteiger partial charge on any atom is -0.373 e. The average Bonchev–Trinajstić information content (AvgIpc) is 2.38. The summed E-state index contributed by atoms with van der Waals surface area (Å²) in [6.07, 6.45) is 0.664. The Labute approximate surface area is 115 Å². The van der Waals surface area contributed by atoms with Gasteiger partial charge in [-0.15, -0.1) is 0 Å². The molecule has 2 atom stereocenters. The molecule has 0 bridgehead atoms. The van der Waals surface area contributed by atoms with Gasteiger partial charge in [-0.05, 0) is 30.2 Å². The smallest absolute Gasteiger partial charge is 0.0678 e. The highest BCUT2D eigenvalue weighted by Crippen LogP contribution is 2.21. The first-order chi connectivity index (χ1) is 9.22. The van der Waals surface area contributed by atoms with Crippen LogP contribution in [0.3, 0.4) is 0 Å². The van der Waals surface area contributed by atoms with Crippen molar-refractivity contribution in [3.63, 3.8) is 0 Å². The second-order valence-corrected chi connectivity index (χ2v) is 5.59. The maximum absolute atomic E-state index is 5.80. The van der Waals surface area contributed by atoms with Crippen molar-refractivity contribution in [1.82, 2.24) is 4.90 Å². The van der Waals surface area contributed by atoms with Crippen molar-refractivity contribution in [2.45, 2.75) is 32.6 Å². The van der Waals surface area contributed by atoms with Crippen LogP contribution >= 0.6 is 0 Å². The number of rotatable bonds is 2. The summed E-state index contributed by atoms with van der Waals surface area (Å²) >= 11 is 0. The number of hydrogen-bond acceptors (Lipinski definition) is 2. The summed E-state index contributed by atoms with van der Waals surface area (Å²) in [5, 5.41) is 2.70. The molecule has 2 heteroatoms. The highest BCUT2D eigenvalue weighted by molar-refractivity contribution is 5.85. The van der Waals surface area contributed by atoms with Gasteiger partial charge in [-0.1, -0.05) is 42.5 Å². The Bertz CT molecular complexity index is 551. The van der Waals surface area contributed by atoms with Crippen molar-refractivity contribution in [3.05, 3.63) is 48.0 Å². The van der Waals surface area contributed by atoms with Gasteiger partial charge in [0, 0.05) is 19.6 Å². The van der Waals surface area contributed by atoms with Crippen molar-refractivity contribution in [1.29, 1.82) is 0 Å². The van der Waals surface area contributed by atoms with Crippen LogP contribution in [0.1, 0.15) is 19.4 Å². The van der Waals surface area contributed by atoms with E-state index in [1.54, 1.807) is 0 Å². The third-order valence-electron chi connectivity index (χ3n) is 3.77. The summed E-state index contributed by atoms with van der Waals surface area (Å²) in [6, 6.07) is 15.2. The van der Waals surface area contributed by atoms with E-state index >= 15 is 0 Å². The molecule has 2 unspecified atom stereocenters. The largest absolute Gasteiger partial charge is 0.373 e. The van der Waals surface area contributed by atoms with Crippen molar-refractivity contribution < 1.29 is 4.74 Å². The second-order valence-electron chi connectivity index (χ2n) is 5.59. The Hall–Kier alpha value is -1.38. The lowest BCUT2D eigenvalue weighted by atomic mass is 10.0. The van der Waals surface area contributed by atoms with Crippen LogP contribution in [0.25, 0.3) is 10.8 Å². The quantitative estimate of drug-likeness (QED) is 0.815. The molecule has 1 fully saturated rings. The van der Waals surface area contributed by atoms with E-state index in [1.807, 2.05) is 0 Å². The molecular formula is C17H21NO. The number of benzene rings is 2. The summed E-state index contributed by atoms with van der Waals surface area (Å²) < 4.78 is 5.80. The fraction of sp³-hybridized carbons (Fsp3) is 0.412. The highest BCUT2D eigenvalue weighted by Gasteiger charge is 2.22. The molecule has 0 radical (unpaired) electrons. The van der Waals surface area contributed by atoms with Crippen LogP contribution in [0.5, 0.6) is 0 Å². The van der Waals surface area contributed by atoms with Gasteiger partial charge in [0.2, 0.25) is 0 Å². The molecule has 100 valence electrons. The highest BCUT2D eigenvalue weighted by atomic mass is 16.5. The molecule has 19 heavy (non-hydrogen) atoms. The molecule has 1 aliphatic rings. The Balaban J connectivity index is 1.85. The van der Waals surface area contributed by atoms with E-state index < -0.39 is 0 Å². The predicted molar refractivity (Wildman–Crippen MR) is 79.2 cm³/mol. The van der Waals surface area contributed by atoms with Crippen molar-refractivity contribution >= 4 is 10.8 Å². The van der Waals surface area contributed by atoms with Crippen LogP contribution in [0, 0.1) is 0 Å². The number of ether oxygens (including phenoxy) is 1. The zero-order valence-corrected chi connectivity index (χ0v) is 11.7. The third kappa shape index (κ3) is 2.80. The molecule has 0 aromatic heterocycles. The summed E-state index contributed by atoms with van der Waals surface area (Å²) in [6.45, 7) is 7.37. The Morgan fingerprint density at radius 1 is 1.00 bits per heavy atom. The van der Waals surface area contributed by atoms with E-state index in [2.05, 4.69) is 61.2 Å². The average molecular weight is 255 g/mol. The Morgan fingerprint density at radius 3 is 2.47 bits per heavy atom. The Kier molecular flexibility index (Phi) is 3.54. The van der Waals surface area contributed by atoms with Gasteiger partial charge in [0.05, 0.1) is 12.2 Å². The number of fused-ring (bicyclic) bond motifs is 1. The first-order valence-electron chi connectivity index (χ1n) is 7.07. The monoisotopic (exact) mass is 255 g/mol. The van der Waals surface area contributed by atoms with Gasteiger partial charge in [0.25, 0.3) is 0 Å². The zero-order chi connectivity index (χ0) is 13.2. The van der Waals surface area contributed by atoms with Crippen LogP contribution in [0.2, 0.25) is 0 Å². The van der Waals surface area contributed by atoms with Gasteiger partial charge in [-0.3, -0.25) is 4.90 Å². The van der Waals surface area contributed by atoms with E-state index in [9.17, 15) is 0 Å². The van der Waals surface area contributed by atoms with Gasteiger partial charge in [-0.25, -0.2) is 0 Å².